The number of pyridine rings is 7. The molecule has 0 aliphatic heterocycles. The number of carbonyl (C=O) groups is 2. The molecule has 0 atom stereocenters. The zero-order valence-corrected chi connectivity index (χ0v) is 59.1. The minimum atomic E-state index is -0.750. The molecule has 0 saturated heterocycles. The molecule has 0 aliphatic rings. The number of benzene rings is 1. The fourth-order valence-corrected chi connectivity index (χ4v) is 9.28. The van der Waals surface area contributed by atoms with Gasteiger partial charge in [-0.15, -0.1) is 0 Å². The van der Waals surface area contributed by atoms with Crippen molar-refractivity contribution < 1.29 is 50.9 Å². The molecule has 0 spiro atoms. The Hall–Kier alpha value is -5.24. The number of fused-ring (bicyclic) bond motifs is 3. The SMILES string of the molecule is CC#Cc1nc(Cl)ccc1OC(C)=O.CC(=O)Oc1ccc(Cl)nc1I.Cc1ccc(-c2coc3ccc(Cl)nc23)cc1.Cc1oc2ccc(Cl)nc2c1I.Clc1ccc2occ(I)c2n1.O=S=O.Oc1ccc(Cl)nc1.Oc1ccc(Cl)nc1I. The summed E-state index contributed by atoms with van der Waals surface area (Å²) in [6, 6.07) is 31.2. The highest BCUT2D eigenvalue weighted by Gasteiger charge is 2.12. The molecule has 0 saturated carbocycles. The van der Waals surface area contributed by atoms with Crippen LogP contribution in [0.15, 0.2) is 141 Å². The Kier molecular flexibility index (Phi) is 32.0. The number of hydrogen-bond donors (Lipinski definition) is 2. The first-order chi connectivity index (χ1) is 40.8. The van der Waals surface area contributed by atoms with Crippen LogP contribution in [0, 0.1) is 40.2 Å². The molecule has 11 rings (SSSR count). The van der Waals surface area contributed by atoms with Crippen molar-refractivity contribution in [3.63, 3.8) is 0 Å². The zero-order valence-electron chi connectivity index (χ0n) is 44.4. The van der Waals surface area contributed by atoms with Gasteiger partial charge in [-0.3, -0.25) is 9.59 Å². The molecule has 0 amide bonds. The van der Waals surface area contributed by atoms with Crippen LogP contribution in [0.2, 0.25) is 36.1 Å². The molecule has 10 aromatic heterocycles. The lowest BCUT2D eigenvalue weighted by molar-refractivity contribution is -0.132. The number of nitrogens with zero attached hydrogens (tertiary/aromatic N) is 7. The molecule has 18 nitrogen and oxygen atoms in total. The van der Waals surface area contributed by atoms with Gasteiger partial charge in [-0.25, -0.2) is 34.9 Å². The van der Waals surface area contributed by atoms with Crippen LogP contribution in [0.5, 0.6) is 23.0 Å². The van der Waals surface area contributed by atoms with Gasteiger partial charge < -0.3 is 32.9 Å². The van der Waals surface area contributed by atoms with E-state index in [-0.39, 0.29) is 17.5 Å². The summed E-state index contributed by atoms with van der Waals surface area (Å²) in [7, 11) is 0. The largest absolute Gasteiger partial charge is 0.506 e. The zero-order chi connectivity index (χ0) is 63.6. The highest BCUT2D eigenvalue weighted by Crippen LogP contribution is 2.31. The van der Waals surface area contributed by atoms with Gasteiger partial charge in [0.25, 0.3) is 0 Å². The summed E-state index contributed by atoms with van der Waals surface area (Å²) in [6.07, 6.45) is 4.68. The molecule has 0 radical (unpaired) electrons. The Bertz CT molecular complexity index is 4170. The Morgan fingerprint density at radius 3 is 1.53 bits per heavy atom. The Balaban J connectivity index is 0.000000216. The highest BCUT2D eigenvalue weighted by molar-refractivity contribution is 14.1. The number of carbonyl (C=O) groups excluding carboxylic acids is 2. The molecule has 11 aromatic rings. The van der Waals surface area contributed by atoms with Gasteiger partial charge in [-0.05, 0) is 208 Å². The number of aromatic hydroxyl groups is 2. The second-order valence-corrected chi connectivity index (χ2v) is 23.0. The molecule has 30 heteroatoms. The Morgan fingerprint density at radius 2 is 1.01 bits per heavy atom. The number of hydrogen-bond acceptors (Lipinski definition) is 18. The number of rotatable bonds is 3. The van der Waals surface area contributed by atoms with E-state index >= 15 is 0 Å². The molecule has 0 unspecified atom stereocenters. The van der Waals surface area contributed by atoms with Gasteiger partial charge in [0.2, 0.25) is 0 Å². The summed E-state index contributed by atoms with van der Waals surface area (Å²) in [5, 5.41) is 20.5. The number of aryl methyl sites for hydroxylation is 2. The second-order valence-electron chi connectivity index (χ2n) is 15.8. The molecule has 10 heterocycles. The maximum absolute atomic E-state index is 10.7. The van der Waals surface area contributed by atoms with Gasteiger partial charge in [-0.2, -0.15) is 8.42 Å². The number of aromatic nitrogens is 7. The molecule has 0 bridgehead atoms. The van der Waals surface area contributed by atoms with Gasteiger partial charge in [0.15, 0.2) is 33.9 Å². The van der Waals surface area contributed by atoms with Gasteiger partial charge in [0, 0.05) is 19.4 Å². The van der Waals surface area contributed by atoms with Gasteiger partial charge >= 0.3 is 23.5 Å². The van der Waals surface area contributed by atoms with Gasteiger partial charge in [0.05, 0.1) is 13.3 Å². The van der Waals surface area contributed by atoms with E-state index < -0.39 is 17.5 Å². The standard InChI is InChI=1S/C14H10ClNO.C10H8ClNO2.C8H5ClINO.C7H5ClINO2.C7H3ClINO.C5H3ClINO.C5H4ClNO.O2S/c1-9-2-4-10(5-3-9)11-8-17-12-6-7-13(15)16-14(11)12;1-3-4-8-9(14-7(2)13)5-6-10(11)12-8;1-4-7(10)8-5(12-4)2-3-6(9)11-8;1-4(11)12-5-2-3-6(8)10-7(5)9;8-6-2-1-5-7(10-6)4(9)3-11-5;6-4-2-1-3(9)5(7)8-4;6-5-2-1-4(8)3-7-5;1-3-2/h2-8H,1H3;5-6H,1-2H3;2*2-3H,1H3;1-3H;1-2,9H;1-3,8H;. The lowest BCUT2D eigenvalue weighted by Gasteiger charge is -2.02. The van der Waals surface area contributed by atoms with Gasteiger partial charge in [-0.1, -0.05) is 117 Å². The van der Waals surface area contributed by atoms with Crippen LogP contribution >= 0.6 is 172 Å². The van der Waals surface area contributed by atoms with E-state index in [4.69, 9.17) is 123 Å². The van der Waals surface area contributed by atoms with Crippen LogP contribution in [0.25, 0.3) is 44.4 Å². The van der Waals surface area contributed by atoms with Crippen LogP contribution in [0.1, 0.15) is 37.8 Å². The number of ether oxygens (including phenoxy) is 2. The smallest absolute Gasteiger partial charge is 0.335 e. The Morgan fingerprint density at radius 1 is 0.547 bits per heavy atom. The van der Waals surface area contributed by atoms with Crippen molar-refractivity contribution in [2.24, 2.45) is 0 Å². The molecule has 1 aromatic carbocycles. The normalized spacial score (nSPS) is 9.81. The predicted molar refractivity (Wildman–Crippen MR) is 367 cm³/mol. The molecule has 0 aliphatic carbocycles. The van der Waals surface area contributed by atoms with Crippen molar-refractivity contribution in [3.8, 4) is 46.0 Å². The number of furan rings is 3. The maximum Gasteiger partial charge on any atom is 0.335 e. The minimum Gasteiger partial charge on any atom is -0.506 e. The summed E-state index contributed by atoms with van der Waals surface area (Å²) < 4.78 is 45.5. The summed E-state index contributed by atoms with van der Waals surface area (Å²) in [6.45, 7) is 8.30. The first-order valence-electron chi connectivity index (χ1n) is 23.3. The van der Waals surface area contributed by atoms with Crippen molar-refractivity contribution in [3.05, 3.63) is 196 Å². The first kappa shape index (κ1) is 73.2. The van der Waals surface area contributed by atoms with Gasteiger partial charge in [0.1, 0.15) is 89.8 Å². The third-order valence-corrected chi connectivity index (χ3v) is 14.6. The fraction of sp³-hybridized carbons (Fsp3) is 0.0893. The van der Waals surface area contributed by atoms with Crippen molar-refractivity contribution in [2.45, 2.75) is 34.6 Å². The van der Waals surface area contributed by atoms with Crippen molar-refractivity contribution >= 4 is 228 Å². The molecule has 2 N–H and O–H groups in total. The van der Waals surface area contributed by atoms with E-state index in [0.29, 0.717) is 60.7 Å². The van der Waals surface area contributed by atoms with Crippen LogP contribution < -0.4 is 9.47 Å². The molecule has 446 valence electrons. The molecular formula is C56H38Cl7I4N7O11S. The number of esters is 2. The van der Waals surface area contributed by atoms with E-state index in [2.05, 4.69) is 123 Å². The van der Waals surface area contributed by atoms with Crippen molar-refractivity contribution in [1.29, 1.82) is 0 Å². The highest BCUT2D eigenvalue weighted by atomic mass is 127. The van der Waals surface area contributed by atoms with Crippen molar-refractivity contribution in [2.75, 3.05) is 0 Å². The lowest BCUT2D eigenvalue weighted by Crippen LogP contribution is -2.03. The molecule has 86 heavy (non-hydrogen) atoms. The van der Waals surface area contributed by atoms with Crippen LogP contribution in [-0.2, 0) is 21.2 Å². The molecular weight excluding hydrogens is 1730 g/mol. The second kappa shape index (κ2) is 37.6. The van der Waals surface area contributed by atoms with E-state index in [9.17, 15) is 9.59 Å². The average molecular weight is 1770 g/mol. The van der Waals surface area contributed by atoms with Crippen LogP contribution in [0.4, 0.5) is 0 Å². The van der Waals surface area contributed by atoms with Crippen molar-refractivity contribution in [1.82, 2.24) is 34.9 Å². The minimum absolute atomic E-state index is 0.134. The summed E-state index contributed by atoms with van der Waals surface area (Å²) in [5.41, 5.74) is 8.47. The lowest BCUT2D eigenvalue weighted by atomic mass is 10.1. The molecule has 0 fully saturated rings. The summed E-state index contributed by atoms with van der Waals surface area (Å²) in [4.78, 5) is 49.1. The summed E-state index contributed by atoms with van der Waals surface area (Å²) in [5.74, 6) is 6.55. The fourth-order valence-electron chi connectivity index (χ4n) is 6.00. The van der Waals surface area contributed by atoms with E-state index in [1.54, 1.807) is 68.0 Å². The van der Waals surface area contributed by atoms with E-state index in [0.717, 1.165) is 57.3 Å². The third-order valence-electron chi connectivity index (χ3n) is 9.55. The maximum atomic E-state index is 10.7. The first-order valence-corrected chi connectivity index (χ1v) is 31.0. The Labute approximate surface area is 583 Å². The predicted octanol–water partition coefficient (Wildman–Crippen LogP) is 18.0. The van der Waals surface area contributed by atoms with Crippen LogP contribution in [0.3, 0.4) is 0 Å². The third kappa shape index (κ3) is 25.1. The average Bonchev–Trinajstić information content (AvgIpc) is 3.11. The quantitative estimate of drug-likeness (QED) is 0.0721. The number of halogens is 11. The van der Waals surface area contributed by atoms with E-state index in [1.807, 2.05) is 70.3 Å². The van der Waals surface area contributed by atoms with E-state index in [1.165, 1.54) is 43.8 Å². The van der Waals surface area contributed by atoms with Crippen LogP contribution in [-0.4, -0.2) is 65.5 Å². The monoisotopic (exact) mass is 1770 g/mol. The summed E-state index contributed by atoms with van der Waals surface area (Å²) >= 11 is 46.9. The topological polar surface area (TPSA) is 257 Å².